The lowest BCUT2D eigenvalue weighted by molar-refractivity contribution is 1.37. The van der Waals surface area contributed by atoms with Crippen LogP contribution in [0.3, 0.4) is 0 Å². The first-order valence-corrected chi connectivity index (χ1v) is 5.78. The summed E-state index contributed by atoms with van der Waals surface area (Å²) in [6.07, 6.45) is 0. The Bertz CT molecular complexity index is 490. The molecule has 0 N–H and O–H groups in total. The zero-order valence-electron chi connectivity index (χ0n) is 9.14. The van der Waals surface area contributed by atoms with Crippen molar-refractivity contribution in [1.29, 1.82) is 0 Å². The lowest BCUT2D eigenvalue weighted by Gasteiger charge is -2.08. The summed E-state index contributed by atoms with van der Waals surface area (Å²) in [7, 11) is 0. The largest absolute Gasteiger partial charge is 0.0836 e. The van der Waals surface area contributed by atoms with Gasteiger partial charge in [-0.3, -0.25) is 0 Å². The molecule has 0 saturated carbocycles. The average Bonchev–Trinajstić information content (AvgIpc) is 2.15. The summed E-state index contributed by atoms with van der Waals surface area (Å²) in [6.45, 7) is 4.03. The maximum absolute atomic E-state index is 6.17. The number of hydrogen-bond donors (Lipinski definition) is 0. The summed E-state index contributed by atoms with van der Waals surface area (Å²) in [5.41, 5.74) is 4.12. The molecule has 0 bridgehead atoms. The number of benzene rings is 2. The third-order valence-corrected chi connectivity index (χ3v) is 3.02. The highest BCUT2D eigenvalue weighted by atomic mass is 35.5. The van der Waals surface area contributed by atoms with Gasteiger partial charge in [0.25, 0.3) is 0 Å². The molecule has 2 rings (SSSR count). The first-order chi connectivity index (χ1) is 7.58. The minimum atomic E-state index is 0.678. The summed E-state index contributed by atoms with van der Waals surface area (Å²) in [4.78, 5) is 0. The maximum atomic E-state index is 6.17. The van der Waals surface area contributed by atoms with Gasteiger partial charge in [-0.25, -0.2) is 0 Å². The van der Waals surface area contributed by atoms with E-state index in [0.29, 0.717) is 10.0 Å². The van der Waals surface area contributed by atoms with Crippen LogP contribution in [0, 0.1) is 19.9 Å². The van der Waals surface area contributed by atoms with E-state index >= 15 is 0 Å². The molecule has 2 aromatic carbocycles. The molecule has 0 spiro atoms. The van der Waals surface area contributed by atoms with E-state index in [4.69, 9.17) is 23.2 Å². The highest BCUT2D eigenvalue weighted by Gasteiger charge is 2.08. The van der Waals surface area contributed by atoms with Gasteiger partial charge in [-0.15, -0.1) is 0 Å². The first kappa shape index (κ1) is 11.5. The third kappa shape index (κ3) is 2.23. The molecular formula is C14H11Cl2. The van der Waals surface area contributed by atoms with E-state index in [1.807, 2.05) is 44.2 Å². The summed E-state index contributed by atoms with van der Waals surface area (Å²) >= 11 is 12.3. The predicted molar refractivity (Wildman–Crippen MR) is 70.2 cm³/mol. The first-order valence-electron chi connectivity index (χ1n) is 5.03. The van der Waals surface area contributed by atoms with Crippen molar-refractivity contribution >= 4 is 23.2 Å². The zero-order valence-corrected chi connectivity index (χ0v) is 10.7. The smallest absolute Gasteiger partial charge is 0.0499 e. The second-order valence-electron chi connectivity index (χ2n) is 3.83. The van der Waals surface area contributed by atoms with Crippen molar-refractivity contribution in [3.63, 3.8) is 0 Å². The van der Waals surface area contributed by atoms with Crippen molar-refractivity contribution in [2.75, 3.05) is 0 Å². The zero-order chi connectivity index (χ0) is 11.7. The number of hydrogen-bond acceptors (Lipinski definition) is 0. The number of rotatable bonds is 1. The molecule has 2 heteroatoms. The van der Waals surface area contributed by atoms with Gasteiger partial charge in [0.2, 0.25) is 0 Å². The second kappa shape index (κ2) is 4.48. The minimum Gasteiger partial charge on any atom is -0.0836 e. The van der Waals surface area contributed by atoms with Crippen LogP contribution < -0.4 is 0 Å². The van der Waals surface area contributed by atoms with Crippen molar-refractivity contribution < 1.29 is 0 Å². The average molecular weight is 250 g/mol. The van der Waals surface area contributed by atoms with Gasteiger partial charge in [-0.05, 0) is 48.7 Å². The molecule has 2 aromatic rings. The molecule has 0 heterocycles. The molecule has 0 aliphatic carbocycles. The fraction of sp³-hybridized carbons (Fsp3) is 0.143. The predicted octanol–water partition coefficient (Wildman–Crippen LogP) is 5.08. The third-order valence-electron chi connectivity index (χ3n) is 2.39. The van der Waals surface area contributed by atoms with Crippen LogP contribution in [0.1, 0.15) is 11.1 Å². The Labute approximate surface area is 106 Å². The van der Waals surface area contributed by atoms with E-state index in [0.717, 1.165) is 22.3 Å². The molecule has 0 aromatic heterocycles. The normalized spacial score (nSPS) is 10.5. The number of halogens is 2. The Morgan fingerprint density at radius 2 is 1.44 bits per heavy atom. The molecule has 0 saturated heterocycles. The standard InChI is InChI=1S/C14H11Cl2/c1-9-6-10(2)8-11(7-9)14-12(15)4-3-5-13(14)16/h3-5,7-8H,1-2H3. The topological polar surface area (TPSA) is 0 Å². The lowest BCUT2D eigenvalue weighted by Crippen LogP contribution is -1.85. The number of aryl methyl sites for hydroxylation is 2. The van der Waals surface area contributed by atoms with Crippen LogP contribution in [0.4, 0.5) is 0 Å². The molecule has 81 valence electrons. The molecule has 0 amide bonds. The van der Waals surface area contributed by atoms with Crippen molar-refractivity contribution in [1.82, 2.24) is 0 Å². The molecule has 0 fully saturated rings. The van der Waals surface area contributed by atoms with Gasteiger partial charge in [-0.2, -0.15) is 0 Å². The van der Waals surface area contributed by atoms with Crippen molar-refractivity contribution in [3.05, 3.63) is 57.6 Å². The highest BCUT2D eigenvalue weighted by molar-refractivity contribution is 6.39. The van der Waals surface area contributed by atoms with Gasteiger partial charge < -0.3 is 0 Å². The van der Waals surface area contributed by atoms with Crippen LogP contribution in [0.2, 0.25) is 10.0 Å². The van der Waals surface area contributed by atoms with Crippen molar-refractivity contribution in [2.24, 2.45) is 0 Å². The summed E-state index contributed by atoms with van der Waals surface area (Å²) < 4.78 is 0. The molecular weight excluding hydrogens is 239 g/mol. The van der Waals surface area contributed by atoms with Crippen LogP contribution in [-0.2, 0) is 0 Å². The van der Waals surface area contributed by atoms with E-state index < -0.39 is 0 Å². The summed E-state index contributed by atoms with van der Waals surface area (Å²) in [5.74, 6) is 0. The molecule has 0 aliphatic heterocycles. The van der Waals surface area contributed by atoms with E-state index in [1.54, 1.807) is 0 Å². The fourth-order valence-electron chi connectivity index (χ4n) is 1.81. The lowest BCUT2D eigenvalue weighted by atomic mass is 10.0. The fourth-order valence-corrected chi connectivity index (χ4v) is 2.42. The molecule has 16 heavy (non-hydrogen) atoms. The van der Waals surface area contributed by atoms with E-state index in [-0.39, 0.29) is 0 Å². The summed E-state index contributed by atoms with van der Waals surface area (Å²) in [6, 6.07) is 12.9. The molecule has 0 aliphatic rings. The van der Waals surface area contributed by atoms with E-state index in [2.05, 4.69) is 6.07 Å². The quantitative estimate of drug-likeness (QED) is 0.662. The molecule has 0 nitrogen and oxygen atoms in total. The maximum Gasteiger partial charge on any atom is 0.0499 e. The molecule has 0 unspecified atom stereocenters. The van der Waals surface area contributed by atoms with E-state index in [9.17, 15) is 0 Å². The Hall–Kier alpha value is -0.980. The van der Waals surface area contributed by atoms with Gasteiger partial charge >= 0.3 is 0 Å². The van der Waals surface area contributed by atoms with Crippen molar-refractivity contribution in [2.45, 2.75) is 13.8 Å². The van der Waals surface area contributed by atoms with Gasteiger partial charge in [0.05, 0.1) is 0 Å². The van der Waals surface area contributed by atoms with Gasteiger partial charge in [-0.1, -0.05) is 41.4 Å². The molecule has 1 radical (unpaired) electrons. The van der Waals surface area contributed by atoms with Crippen LogP contribution >= 0.6 is 23.2 Å². The highest BCUT2D eigenvalue weighted by Crippen LogP contribution is 2.35. The van der Waals surface area contributed by atoms with Gasteiger partial charge in [0.15, 0.2) is 0 Å². The SMILES string of the molecule is Cc1[c]c(C)cc(-c2c(Cl)cccc2Cl)c1. The monoisotopic (exact) mass is 249 g/mol. The van der Waals surface area contributed by atoms with Crippen molar-refractivity contribution in [3.8, 4) is 11.1 Å². The Kier molecular flexibility index (Phi) is 3.22. The van der Waals surface area contributed by atoms with Crippen LogP contribution in [0.15, 0.2) is 30.3 Å². The van der Waals surface area contributed by atoms with E-state index in [1.165, 1.54) is 0 Å². The summed E-state index contributed by atoms with van der Waals surface area (Å²) in [5, 5.41) is 1.36. The van der Waals surface area contributed by atoms with Crippen LogP contribution in [-0.4, -0.2) is 0 Å². The van der Waals surface area contributed by atoms with Crippen LogP contribution in [0.5, 0.6) is 0 Å². The molecule has 0 atom stereocenters. The second-order valence-corrected chi connectivity index (χ2v) is 4.65. The Morgan fingerprint density at radius 3 is 1.94 bits per heavy atom. The van der Waals surface area contributed by atoms with Gasteiger partial charge in [0.1, 0.15) is 0 Å². The van der Waals surface area contributed by atoms with Gasteiger partial charge in [0, 0.05) is 15.6 Å². The minimum absolute atomic E-state index is 0.678. The van der Waals surface area contributed by atoms with Crippen LogP contribution in [0.25, 0.3) is 11.1 Å². The Morgan fingerprint density at radius 1 is 0.938 bits per heavy atom. The Balaban J connectivity index is 2.67.